The Morgan fingerprint density at radius 2 is 1.97 bits per heavy atom. The molecular weight excluding hydrogens is 388 g/mol. The normalized spacial score (nSPS) is 37.2. The quantitative estimate of drug-likeness (QED) is 0.718. The summed E-state index contributed by atoms with van der Waals surface area (Å²) in [4.78, 5) is 15.7. The van der Waals surface area contributed by atoms with Crippen LogP contribution in [0.2, 0.25) is 0 Å². The van der Waals surface area contributed by atoms with Crippen molar-refractivity contribution < 1.29 is 23.4 Å². The Labute approximate surface area is 177 Å². The molecule has 1 aromatic carbocycles. The topological polar surface area (TPSA) is 49.8 Å². The molecule has 4 nitrogen and oxygen atoms in total. The zero-order valence-corrected chi connectivity index (χ0v) is 18.1. The van der Waals surface area contributed by atoms with Crippen LogP contribution >= 0.6 is 0 Å². The highest BCUT2D eigenvalue weighted by Crippen LogP contribution is 2.49. The Balaban J connectivity index is 1.55. The van der Waals surface area contributed by atoms with Crippen molar-refractivity contribution in [3.8, 4) is 0 Å². The van der Waals surface area contributed by atoms with E-state index >= 15 is 0 Å². The van der Waals surface area contributed by atoms with Crippen molar-refractivity contribution >= 4 is 5.97 Å². The summed E-state index contributed by atoms with van der Waals surface area (Å²) in [5.74, 6) is -3.59. The molecule has 4 unspecified atom stereocenters. The molecule has 6 atom stereocenters. The Hall–Kier alpha value is -1.53. The van der Waals surface area contributed by atoms with Gasteiger partial charge < -0.3 is 9.84 Å². The van der Waals surface area contributed by atoms with E-state index in [1.807, 2.05) is 0 Å². The lowest BCUT2D eigenvalue weighted by Crippen LogP contribution is -2.57. The van der Waals surface area contributed by atoms with E-state index in [0.29, 0.717) is 23.9 Å². The summed E-state index contributed by atoms with van der Waals surface area (Å²) in [7, 11) is 0. The number of esters is 1. The number of piperidine rings is 1. The molecule has 30 heavy (non-hydrogen) atoms. The van der Waals surface area contributed by atoms with E-state index in [0.717, 1.165) is 19.4 Å². The van der Waals surface area contributed by atoms with Crippen LogP contribution in [0.4, 0.5) is 8.78 Å². The second kappa shape index (κ2) is 7.56. The third kappa shape index (κ3) is 3.46. The van der Waals surface area contributed by atoms with Crippen molar-refractivity contribution in [2.75, 3.05) is 13.1 Å². The van der Waals surface area contributed by atoms with Crippen molar-refractivity contribution in [2.45, 2.75) is 76.0 Å². The molecule has 0 radical (unpaired) electrons. The maximum absolute atomic E-state index is 14.0. The van der Waals surface area contributed by atoms with Crippen LogP contribution in [0.1, 0.15) is 58.4 Å². The Morgan fingerprint density at radius 3 is 2.53 bits per heavy atom. The van der Waals surface area contributed by atoms with E-state index in [2.05, 4.69) is 25.7 Å². The number of hydrogen-bond donors (Lipinski definition) is 1. The molecule has 2 saturated heterocycles. The van der Waals surface area contributed by atoms with Gasteiger partial charge in [-0.25, -0.2) is 13.6 Å². The molecule has 1 aromatic rings. The summed E-state index contributed by atoms with van der Waals surface area (Å²) in [5, 5.41) is 11.5. The molecular formula is C24H33F2NO3. The molecule has 2 bridgehead atoms. The van der Waals surface area contributed by atoms with Gasteiger partial charge >= 0.3 is 5.97 Å². The van der Waals surface area contributed by atoms with E-state index < -0.39 is 29.8 Å². The van der Waals surface area contributed by atoms with Gasteiger partial charge in [0.1, 0.15) is 6.10 Å². The van der Waals surface area contributed by atoms with Crippen LogP contribution in [0.25, 0.3) is 0 Å². The summed E-state index contributed by atoms with van der Waals surface area (Å²) in [6.07, 6.45) is 0.778. The number of hydrogen-bond acceptors (Lipinski definition) is 4. The number of fused-ring (bicyclic) bond motifs is 2. The number of rotatable bonds is 5. The molecule has 1 N–H and O–H groups in total. The van der Waals surface area contributed by atoms with E-state index in [-0.39, 0.29) is 24.5 Å². The molecule has 2 heterocycles. The monoisotopic (exact) mass is 421 g/mol. The van der Waals surface area contributed by atoms with Crippen molar-refractivity contribution in [3.05, 3.63) is 35.9 Å². The highest BCUT2D eigenvalue weighted by molar-refractivity contribution is 5.82. The molecule has 0 aromatic heterocycles. The first-order chi connectivity index (χ1) is 14.1. The van der Waals surface area contributed by atoms with Crippen molar-refractivity contribution in [2.24, 2.45) is 17.8 Å². The molecule has 1 aliphatic carbocycles. The lowest BCUT2D eigenvalue weighted by Gasteiger charge is -2.49. The Morgan fingerprint density at radius 1 is 1.27 bits per heavy atom. The van der Waals surface area contributed by atoms with E-state index in [4.69, 9.17) is 4.74 Å². The van der Waals surface area contributed by atoms with Crippen molar-refractivity contribution in [1.29, 1.82) is 0 Å². The third-order valence-corrected chi connectivity index (χ3v) is 8.19. The predicted octanol–water partition coefficient (Wildman–Crippen LogP) is 4.36. The number of aliphatic hydroxyl groups is 1. The van der Waals surface area contributed by atoms with Crippen LogP contribution in [0.5, 0.6) is 0 Å². The van der Waals surface area contributed by atoms with Gasteiger partial charge in [0.25, 0.3) is 0 Å². The fourth-order valence-corrected chi connectivity index (χ4v) is 6.07. The number of carbonyl (C=O) groups excluding carboxylic acids is 1. The van der Waals surface area contributed by atoms with Gasteiger partial charge in [-0.15, -0.1) is 0 Å². The first kappa shape index (κ1) is 21.7. The lowest BCUT2D eigenvalue weighted by molar-refractivity contribution is -0.185. The van der Waals surface area contributed by atoms with Crippen molar-refractivity contribution in [3.63, 3.8) is 0 Å². The van der Waals surface area contributed by atoms with Gasteiger partial charge in [-0.05, 0) is 50.1 Å². The molecule has 4 rings (SSSR count). The van der Waals surface area contributed by atoms with Crippen LogP contribution in [-0.2, 0) is 15.1 Å². The van der Waals surface area contributed by atoms with E-state index in [1.165, 1.54) is 0 Å². The number of ether oxygens (including phenoxy) is 1. The molecule has 166 valence electrons. The first-order valence-corrected chi connectivity index (χ1v) is 11.2. The zero-order chi connectivity index (χ0) is 21.7. The van der Waals surface area contributed by atoms with Gasteiger partial charge in [0.2, 0.25) is 5.92 Å². The molecule has 0 amide bonds. The van der Waals surface area contributed by atoms with Gasteiger partial charge in [-0.1, -0.05) is 44.2 Å². The van der Waals surface area contributed by atoms with Gasteiger partial charge in [0, 0.05) is 30.8 Å². The highest BCUT2D eigenvalue weighted by Gasteiger charge is 2.56. The second-order valence-electron chi connectivity index (χ2n) is 10.0. The van der Waals surface area contributed by atoms with E-state index in [9.17, 15) is 18.7 Å². The van der Waals surface area contributed by atoms with E-state index in [1.54, 1.807) is 30.3 Å². The SMILES string of the molecule is CC(C)C1(C)C2CCN1CC(OC(=O)[C@](O)(c1ccccc1)[C@@H]1CCC(F)(F)C1)C2. The van der Waals surface area contributed by atoms with Gasteiger partial charge in [0.15, 0.2) is 5.60 Å². The standard InChI is InChI=1S/C24H33F2NO3/c1-16(2)22(3)18-10-12-27(22)15-20(13-18)30-21(28)24(29,17-7-5-4-6-8-17)19-9-11-23(25,26)14-19/h4-8,16,18-20,29H,9-15H2,1-3H3/t18?,19-,20?,22?,24+/m1/s1. The number of carbonyl (C=O) groups is 1. The summed E-state index contributed by atoms with van der Waals surface area (Å²) < 4.78 is 33.8. The molecule has 0 spiro atoms. The van der Waals surface area contributed by atoms with Gasteiger partial charge in [-0.2, -0.15) is 0 Å². The fraction of sp³-hybridized carbons (Fsp3) is 0.708. The maximum Gasteiger partial charge on any atom is 0.343 e. The lowest BCUT2D eigenvalue weighted by atomic mass is 9.72. The molecule has 6 heteroatoms. The number of benzene rings is 1. The minimum Gasteiger partial charge on any atom is -0.459 e. The van der Waals surface area contributed by atoms with Crippen LogP contribution < -0.4 is 0 Å². The summed E-state index contributed by atoms with van der Waals surface area (Å²) in [6.45, 7) is 8.35. The largest absolute Gasteiger partial charge is 0.459 e. The summed E-state index contributed by atoms with van der Waals surface area (Å²) in [5.41, 5.74) is -1.62. The molecule has 2 aliphatic heterocycles. The smallest absolute Gasteiger partial charge is 0.343 e. The van der Waals surface area contributed by atoms with Gasteiger partial charge in [0.05, 0.1) is 0 Å². The second-order valence-corrected chi connectivity index (χ2v) is 10.0. The Kier molecular flexibility index (Phi) is 5.46. The minimum atomic E-state index is -2.86. The zero-order valence-electron chi connectivity index (χ0n) is 18.1. The molecule has 3 fully saturated rings. The number of alkyl halides is 2. The average Bonchev–Trinajstić information content (AvgIpc) is 3.13. The van der Waals surface area contributed by atoms with Crippen LogP contribution in [-0.4, -0.2) is 46.6 Å². The van der Waals surface area contributed by atoms with Gasteiger partial charge in [-0.3, -0.25) is 4.90 Å². The molecule has 1 saturated carbocycles. The van der Waals surface area contributed by atoms with Crippen LogP contribution in [0, 0.1) is 17.8 Å². The first-order valence-electron chi connectivity index (χ1n) is 11.2. The van der Waals surface area contributed by atoms with Crippen LogP contribution in [0.15, 0.2) is 30.3 Å². The summed E-state index contributed by atoms with van der Waals surface area (Å²) in [6, 6.07) is 8.45. The molecule has 3 aliphatic rings. The number of halogens is 2. The number of nitrogens with zero attached hydrogens (tertiary/aromatic N) is 1. The predicted molar refractivity (Wildman–Crippen MR) is 110 cm³/mol. The highest BCUT2D eigenvalue weighted by atomic mass is 19.3. The minimum absolute atomic E-state index is 0.0894. The summed E-state index contributed by atoms with van der Waals surface area (Å²) >= 11 is 0. The maximum atomic E-state index is 14.0. The fourth-order valence-electron chi connectivity index (χ4n) is 6.07. The Bertz CT molecular complexity index is 770. The third-order valence-electron chi connectivity index (χ3n) is 8.19. The van der Waals surface area contributed by atoms with Crippen molar-refractivity contribution in [1.82, 2.24) is 4.90 Å². The van der Waals surface area contributed by atoms with Crippen LogP contribution in [0.3, 0.4) is 0 Å². The average molecular weight is 422 g/mol.